The number of aromatic carboxylic acids is 1. The number of methoxy groups -OCH3 is 1. The minimum atomic E-state index is -1.27. The van der Waals surface area contributed by atoms with E-state index in [-0.39, 0.29) is 32.6 Å². The van der Waals surface area contributed by atoms with E-state index >= 15 is 0 Å². The van der Waals surface area contributed by atoms with Crippen molar-refractivity contribution >= 4 is 40.8 Å². The molecule has 2 aromatic carbocycles. The molecule has 0 atom stereocenters. The molecule has 3 N–H and O–H groups in total. The average Bonchev–Trinajstić information content (AvgIpc) is 2.46. The van der Waals surface area contributed by atoms with Crippen molar-refractivity contribution < 1.29 is 24.5 Å². The number of halogens is 2. The van der Waals surface area contributed by atoms with Crippen molar-refractivity contribution in [2.45, 2.75) is 0 Å². The van der Waals surface area contributed by atoms with Crippen LogP contribution in [0.1, 0.15) is 20.7 Å². The van der Waals surface area contributed by atoms with Gasteiger partial charge in [-0.25, -0.2) is 4.79 Å². The van der Waals surface area contributed by atoms with Crippen LogP contribution in [0.4, 0.5) is 5.69 Å². The van der Waals surface area contributed by atoms with Gasteiger partial charge in [0.1, 0.15) is 17.1 Å². The number of benzene rings is 2. The van der Waals surface area contributed by atoms with Crippen molar-refractivity contribution in [2.75, 3.05) is 12.4 Å². The Balaban J connectivity index is 2.33. The standard InChI is InChI=1S/C15H11Cl2NO5/c1-23-13-10(4-7(16)5-11(13)17)14(20)18-8-2-3-9(15(21)22)12(19)6-8/h2-6,19H,1H3,(H,18,20)(H,21,22). The van der Waals surface area contributed by atoms with Crippen molar-refractivity contribution in [3.8, 4) is 11.5 Å². The number of aromatic hydroxyl groups is 1. The van der Waals surface area contributed by atoms with E-state index in [0.29, 0.717) is 0 Å². The van der Waals surface area contributed by atoms with Gasteiger partial charge in [-0.15, -0.1) is 0 Å². The van der Waals surface area contributed by atoms with E-state index in [1.165, 1.54) is 31.4 Å². The number of anilines is 1. The zero-order valence-electron chi connectivity index (χ0n) is 11.8. The van der Waals surface area contributed by atoms with Gasteiger partial charge >= 0.3 is 5.97 Å². The molecule has 0 saturated carbocycles. The molecule has 2 aromatic rings. The summed E-state index contributed by atoms with van der Waals surface area (Å²) in [6.45, 7) is 0. The zero-order valence-corrected chi connectivity index (χ0v) is 13.3. The zero-order chi connectivity index (χ0) is 17.1. The van der Waals surface area contributed by atoms with Crippen LogP contribution in [0.15, 0.2) is 30.3 Å². The van der Waals surface area contributed by atoms with Crippen molar-refractivity contribution in [3.05, 3.63) is 51.5 Å². The van der Waals surface area contributed by atoms with E-state index < -0.39 is 17.6 Å². The van der Waals surface area contributed by atoms with Crippen LogP contribution < -0.4 is 10.1 Å². The normalized spacial score (nSPS) is 10.2. The molecule has 0 spiro atoms. The highest BCUT2D eigenvalue weighted by Crippen LogP contribution is 2.33. The predicted octanol–water partition coefficient (Wildman–Crippen LogP) is 3.66. The highest BCUT2D eigenvalue weighted by Gasteiger charge is 2.18. The molecule has 0 radical (unpaired) electrons. The summed E-state index contributed by atoms with van der Waals surface area (Å²) in [5.74, 6) is -2.16. The summed E-state index contributed by atoms with van der Waals surface area (Å²) in [4.78, 5) is 23.2. The number of carbonyl (C=O) groups is 2. The molecular weight excluding hydrogens is 345 g/mol. The van der Waals surface area contributed by atoms with Crippen LogP contribution in [0, 0.1) is 0 Å². The SMILES string of the molecule is COc1c(Cl)cc(Cl)cc1C(=O)Nc1ccc(C(=O)O)c(O)c1. The molecule has 23 heavy (non-hydrogen) atoms. The minimum Gasteiger partial charge on any atom is -0.507 e. The predicted molar refractivity (Wildman–Crippen MR) is 86.0 cm³/mol. The lowest BCUT2D eigenvalue weighted by atomic mass is 10.1. The second-order valence-corrected chi connectivity index (χ2v) is 5.30. The highest BCUT2D eigenvalue weighted by molar-refractivity contribution is 6.36. The summed E-state index contributed by atoms with van der Waals surface area (Å²) in [6, 6.07) is 6.47. The Morgan fingerprint density at radius 1 is 1.13 bits per heavy atom. The van der Waals surface area contributed by atoms with Crippen LogP contribution in [0.25, 0.3) is 0 Å². The van der Waals surface area contributed by atoms with Crippen molar-refractivity contribution in [2.24, 2.45) is 0 Å². The number of rotatable bonds is 4. The molecule has 0 unspecified atom stereocenters. The van der Waals surface area contributed by atoms with Gasteiger partial charge in [0.15, 0.2) is 0 Å². The number of amides is 1. The Labute approximate surface area is 141 Å². The van der Waals surface area contributed by atoms with E-state index in [9.17, 15) is 14.7 Å². The third-order valence-corrected chi connectivity index (χ3v) is 3.44. The number of carboxylic acid groups (broad SMARTS) is 1. The number of phenols is 1. The average molecular weight is 356 g/mol. The summed E-state index contributed by atoms with van der Waals surface area (Å²) < 4.78 is 5.09. The van der Waals surface area contributed by atoms with E-state index in [2.05, 4.69) is 5.32 Å². The van der Waals surface area contributed by atoms with Crippen molar-refractivity contribution in [1.82, 2.24) is 0 Å². The van der Waals surface area contributed by atoms with Gasteiger partial charge in [-0.1, -0.05) is 23.2 Å². The van der Waals surface area contributed by atoms with Gasteiger partial charge in [0.25, 0.3) is 5.91 Å². The Morgan fingerprint density at radius 3 is 2.39 bits per heavy atom. The lowest BCUT2D eigenvalue weighted by Gasteiger charge is -2.12. The second kappa shape index (κ2) is 6.76. The van der Waals surface area contributed by atoms with Gasteiger partial charge in [-0.05, 0) is 24.3 Å². The van der Waals surface area contributed by atoms with Crippen LogP contribution in [0.3, 0.4) is 0 Å². The molecule has 0 aromatic heterocycles. The van der Waals surface area contributed by atoms with Gasteiger partial charge < -0.3 is 20.3 Å². The Hall–Kier alpha value is -2.44. The van der Waals surface area contributed by atoms with Gasteiger partial charge in [-0.3, -0.25) is 4.79 Å². The van der Waals surface area contributed by atoms with Crippen LogP contribution in [-0.2, 0) is 0 Å². The monoisotopic (exact) mass is 355 g/mol. The van der Waals surface area contributed by atoms with Gasteiger partial charge in [0.2, 0.25) is 0 Å². The number of hydrogen-bond acceptors (Lipinski definition) is 4. The van der Waals surface area contributed by atoms with E-state index in [1.807, 2.05) is 0 Å². The van der Waals surface area contributed by atoms with Crippen LogP contribution in [0.5, 0.6) is 11.5 Å². The maximum atomic E-state index is 12.3. The number of carboxylic acids is 1. The molecule has 120 valence electrons. The minimum absolute atomic E-state index is 0.104. The largest absolute Gasteiger partial charge is 0.507 e. The number of carbonyl (C=O) groups excluding carboxylic acids is 1. The third-order valence-electron chi connectivity index (χ3n) is 2.94. The van der Waals surface area contributed by atoms with Gasteiger partial charge in [0, 0.05) is 16.8 Å². The summed E-state index contributed by atoms with van der Waals surface area (Å²) in [7, 11) is 1.36. The van der Waals surface area contributed by atoms with E-state index in [0.717, 1.165) is 6.07 Å². The first-order chi connectivity index (χ1) is 10.8. The fourth-order valence-electron chi connectivity index (χ4n) is 1.93. The summed E-state index contributed by atoms with van der Waals surface area (Å²) in [5, 5.41) is 21.4. The quantitative estimate of drug-likeness (QED) is 0.777. The molecule has 0 saturated heterocycles. The van der Waals surface area contributed by atoms with Crippen LogP contribution in [-0.4, -0.2) is 29.2 Å². The number of nitrogens with one attached hydrogen (secondary N) is 1. The first-order valence-corrected chi connectivity index (χ1v) is 6.99. The van der Waals surface area contributed by atoms with E-state index in [4.69, 9.17) is 33.0 Å². The lowest BCUT2D eigenvalue weighted by Crippen LogP contribution is -2.13. The molecule has 8 heteroatoms. The molecule has 0 aliphatic rings. The fourth-order valence-corrected chi connectivity index (χ4v) is 2.50. The lowest BCUT2D eigenvalue weighted by molar-refractivity contribution is 0.0693. The van der Waals surface area contributed by atoms with E-state index in [1.54, 1.807) is 0 Å². The molecule has 0 heterocycles. The smallest absolute Gasteiger partial charge is 0.339 e. The summed E-state index contributed by atoms with van der Waals surface area (Å²) in [6.07, 6.45) is 0. The highest BCUT2D eigenvalue weighted by atomic mass is 35.5. The third kappa shape index (κ3) is 3.67. The molecule has 6 nitrogen and oxygen atoms in total. The molecule has 1 amide bonds. The maximum Gasteiger partial charge on any atom is 0.339 e. The number of ether oxygens (including phenoxy) is 1. The Bertz CT molecular complexity index is 792. The number of hydrogen-bond donors (Lipinski definition) is 3. The summed E-state index contributed by atoms with van der Waals surface area (Å²) in [5.41, 5.74) is 0.0360. The van der Waals surface area contributed by atoms with Gasteiger partial charge in [-0.2, -0.15) is 0 Å². The first kappa shape index (κ1) is 16.9. The fraction of sp³-hybridized carbons (Fsp3) is 0.0667. The Kier molecular flexibility index (Phi) is 4.98. The summed E-state index contributed by atoms with van der Waals surface area (Å²) >= 11 is 11.8. The maximum absolute atomic E-state index is 12.3. The molecule has 2 rings (SSSR count). The topological polar surface area (TPSA) is 95.9 Å². The Morgan fingerprint density at radius 2 is 1.83 bits per heavy atom. The van der Waals surface area contributed by atoms with Crippen LogP contribution >= 0.6 is 23.2 Å². The molecular formula is C15H11Cl2NO5. The van der Waals surface area contributed by atoms with Gasteiger partial charge in [0.05, 0.1) is 17.7 Å². The second-order valence-electron chi connectivity index (χ2n) is 4.46. The molecule has 0 aliphatic heterocycles. The van der Waals surface area contributed by atoms with Crippen LogP contribution in [0.2, 0.25) is 10.0 Å². The van der Waals surface area contributed by atoms with Crippen molar-refractivity contribution in [1.29, 1.82) is 0 Å². The molecule has 0 bridgehead atoms. The first-order valence-electron chi connectivity index (χ1n) is 6.24. The molecule has 0 fully saturated rings. The molecule has 0 aliphatic carbocycles. The van der Waals surface area contributed by atoms with Crippen molar-refractivity contribution in [3.63, 3.8) is 0 Å².